The number of hydrogen-bond donors (Lipinski definition) is 2. The van der Waals surface area contributed by atoms with Gasteiger partial charge in [0.15, 0.2) is 5.82 Å². The Bertz CT molecular complexity index is 657. The molecule has 0 saturated heterocycles. The lowest BCUT2D eigenvalue weighted by atomic mass is 10.1. The molecule has 0 radical (unpaired) electrons. The molecule has 0 aliphatic carbocycles. The quantitative estimate of drug-likeness (QED) is 0.467. The van der Waals surface area contributed by atoms with E-state index in [2.05, 4.69) is 11.8 Å². The maximum atomic E-state index is 13.9. The standard InChI is InChI=1S/C15H10FNO2/c16-14-12(7-4-8-13(14)15(18)17-19)10-9-11-5-2-1-3-6-11/h1-8,19H,(H,17,18). The van der Waals surface area contributed by atoms with E-state index in [0.29, 0.717) is 0 Å². The summed E-state index contributed by atoms with van der Waals surface area (Å²) in [6.45, 7) is 0. The van der Waals surface area contributed by atoms with Crippen LogP contribution in [0.5, 0.6) is 0 Å². The predicted octanol–water partition coefficient (Wildman–Crippen LogP) is 2.34. The van der Waals surface area contributed by atoms with Crippen LogP contribution in [-0.4, -0.2) is 11.1 Å². The Kier molecular flexibility index (Phi) is 3.91. The molecule has 0 aliphatic rings. The van der Waals surface area contributed by atoms with E-state index in [-0.39, 0.29) is 11.1 Å². The summed E-state index contributed by atoms with van der Waals surface area (Å²) in [4.78, 5) is 11.2. The van der Waals surface area contributed by atoms with Gasteiger partial charge in [-0.25, -0.2) is 9.87 Å². The number of amides is 1. The number of nitrogens with one attached hydrogen (secondary N) is 1. The van der Waals surface area contributed by atoms with Gasteiger partial charge < -0.3 is 0 Å². The van der Waals surface area contributed by atoms with Crippen molar-refractivity contribution >= 4 is 5.91 Å². The molecule has 0 unspecified atom stereocenters. The summed E-state index contributed by atoms with van der Waals surface area (Å²) in [5, 5.41) is 8.51. The third-order valence-electron chi connectivity index (χ3n) is 2.46. The van der Waals surface area contributed by atoms with Crippen molar-refractivity contribution in [1.29, 1.82) is 0 Å². The van der Waals surface area contributed by atoms with Crippen molar-refractivity contribution in [3.63, 3.8) is 0 Å². The van der Waals surface area contributed by atoms with Gasteiger partial charge in [-0.15, -0.1) is 0 Å². The normalized spacial score (nSPS) is 9.37. The third kappa shape index (κ3) is 2.97. The molecule has 19 heavy (non-hydrogen) atoms. The van der Waals surface area contributed by atoms with Gasteiger partial charge >= 0.3 is 0 Å². The molecule has 2 aromatic carbocycles. The smallest absolute Gasteiger partial charge is 0.277 e. The third-order valence-corrected chi connectivity index (χ3v) is 2.46. The zero-order chi connectivity index (χ0) is 13.7. The maximum absolute atomic E-state index is 13.9. The van der Waals surface area contributed by atoms with Crippen LogP contribution < -0.4 is 5.48 Å². The van der Waals surface area contributed by atoms with Crippen molar-refractivity contribution in [3.8, 4) is 11.8 Å². The van der Waals surface area contributed by atoms with E-state index in [9.17, 15) is 9.18 Å². The number of carbonyl (C=O) groups excluding carboxylic acids is 1. The van der Waals surface area contributed by atoms with Crippen molar-refractivity contribution in [2.24, 2.45) is 0 Å². The largest absolute Gasteiger partial charge is 0.288 e. The van der Waals surface area contributed by atoms with Gasteiger partial charge in [-0.3, -0.25) is 10.0 Å². The molecule has 1 amide bonds. The van der Waals surface area contributed by atoms with Crippen LogP contribution >= 0.6 is 0 Å². The Labute approximate surface area is 109 Å². The summed E-state index contributed by atoms with van der Waals surface area (Å²) in [5.41, 5.74) is 2.00. The minimum absolute atomic E-state index is 0.102. The first-order valence-electron chi connectivity index (χ1n) is 5.52. The first-order valence-corrected chi connectivity index (χ1v) is 5.52. The first kappa shape index (κ1) is 12.8. The lowest BCUT2D eigenvalue weighted by molar-refractivity contribution is 0.0701. The van der Waals surface area contributed by atoms with Crippen LogP contribution in [-0.2, 0) is 0 Å². The first-order chi connectivity index (χ1) is 9.22. The fraction of sp³-hybridized carbons (Fsp3) is 0. The maximum Gasteiger partial charge on any atom is 0.277 e. The van der Waals surface area contributed by atoms with Gasteiger partial charge in [0, 0.05) is 5.56 Å². The molecule has 4 heteroatoms. The van der Waals surface area contributed by atoms with Gasteiger partial charge in [-0.1, -0.05) is 36.1 Å². The Balaban J connectivity index is 2.37. The van der Waals surface area contributed by atoms with E-state index in [1.807, 2.05) is 18.2 Å². The molecule has 0 saturated carbocycles. The zero-order valence-corrected chi connectivity index (χ0v) is 9.85. The van der Waals surface area contributed by atoms with Gasteiger partial charge in [-0.05, 0) is 24.3 Å². The molecule has 3 nitrogen and oxygen atoms in total. The van der Waals surface area contributed by atoms with Crippen LogP contribution in [0.1, 0.15) is 21.5 Å². The van der Waals surface area contributed by atoms with Crippen LogP contribution in [0.4, 0.5) is 4.39 Å². The Morgan fingerprint density at radius 1 is 1.05 bits per heavy atom. The summed E-state index contributed by atoms with van der Waals surface area (Å²) in [5.74, 6) is 3.81. The van der Waals surface area contributed by atoms with Crippen LogP contribution in [0.25, 0.3) is 0 Å². The number of benzene rings is 2. The molecular weight excluding hydrogens is 245 g/mol. The summed E-state index contributed by atoms with van der Waals surface area (Å²) in [6, 6.07) is 13.4. The van der Waals surface area contributed by atoms with Crippen LogP contribution in [0.2, 0.25) is 0 Å². The van der Waals surface area contributed by atoms with Gasteiger partial charge in [0.25, 0.3) is 5.91 Å². The van der Waals surface area contributed by atoms with Crippen molar-refractivity contribution in [2.75, 3.05) is 0 Å². The topological polar surface area (TPSA) is 49.3 Å². The monoisotopic (exact) mass is 255 g/mol. The van der Waals surface area contributed by atoms with E-state index >= 15 is 0 Å². The van der Waals surface area contributed by atoms with Crippen LogP contribution in [0.15, 0.2) is 48.5 Å². The SMILES string of the molecule is O=C(NO)c1cccc(C#Cc2ccccc2)c1F. The van der Waals surface area contributed by atoms with Gasteiger partial charge in [0.1, 0.15) is 0 Å². The second-order valence-electron chi connectivity index (χ2n) is 3.72. The van der Waals surface area contributed by atoms with Crippen molar-refractivity contribution in [3.05, 3.63) is 71.0 Å². The molecule has 0 spiro atoms. The lowest BCUT2D eigenvalue weighted by Gasteiger charge is -2.01. The van der Waals surface area contributed by atoms with Crippen molar-refractivity contribution in [1.82, 2.24) is 5.48 Å². The molecule has 0 aliphatic heterocycles. The van der Waals surface area contributed by atoms with Crippen molar-refractivity contribution < 1.29 is 14.4 Å². The van der Waals surface area contributed by atoms with E-state index in [0.717, 1.165) is 5.56 Å². The lowest BCUT2D eigenvalue weighted by Crippen LogP contribution is -2.20. The molecule has 2 aromatic rings. The number of carbonyl (C=O) groups is 1. The van der Waals surface area contributed by atoms with Gasteiger partial charge in [0.2, 0.25) is 0 Å². The highest BCUT2D eigenvalue weighted by atomic mass is 19.1. The fourth-order valence-electron chi connectivity index (χ4n) is 1.53. The summed E-state index contributed by atoms with van der Waals surface area (Å²) >= 11 is 0. The summed E-state index contributed by atoms with van der Waals surface area (Å²) in [7, 11) is 0. The Hall–Kier alpha value is -2.64. The second-order valence-corrected chi connectivity index (χ2v) is 3.72. The van der Waals surface area contributed by atoms with E-state index < -0.39 is 11.7 Å². The average molecular weight is 255 g/mol. The minimum atomic E-state index is -0.902. The van der Waals surface area contributed by atoms with E-state index in [1.165, 1.54) is 23.7 Å². The van der Waals surface area contributed by atoms with E-state index in [4.69, 9.17) is 5.21 Å². The Morgan fingerprint density at radius 2 is 1.79 bits per heavy atom. The highest BCUT2D eigenvalue weighted by Crippen LogP contribution is 2.12. The molecule has 2 rings (SSSR count). The molecule has 0 aromatic heterocycles. The highest BCUT2D eigenvalue weighted by Gasteiger charge is 2.12. The summed E-state index contributed by atoms with van der Waals surface area (Å²) < 4.78 is 13.9. The number of rotatable bonds is 1. The minimum Gasteiger partial charge on any atom is -0.288 e. The predicted molar refractivity (Wildman–Crippen MR) is 68.1 cm³/mol. The molecule has 0 fully saturated rings. The molecule has 0 heterocycles. The summed E-state index contributed by atoms with van der Waals surface area (Å²) in [6.07, 6.45) is 0. The van der Waals surface area contributed by atoms with Crippen molar-refractivity contribution in [2.45, 2.75) is 0 Å². The number of hydroxylamine groups is 1. The highest BCUT2D eigenvalue weighted by molar-refractivity contribution is 5.94. The van der Waals surface area contributed by atoms with Crippen LogP contribution in [0, 0.1) is 17.7 Å². The zero-order valence-electron chi connectivity index (χ0n) is 9.85. The molecule has 2 N–H and O–H groups in total. The fourth-order valence-corrected chi connectivity index (χ4v) is 1.53. The number of hydrogen-bond acceptors (Lipinski definition) is 2. The van der Waals surface area contributed by atoms with Crippen LogP contribution in [0.3, 0.4) is 0 Å². The molecule has 94 valence electrons. The van der Waals surface area contributed by atoms with Gasteiger partial charge in [-0.2, -0.15) is 0 Å². The molecular formula is C15H10FNO2. The average Bonchev–Trinajstić information content (AvgIpc) is 2.46. The second kappa shape index (κ2) is 5.80. The van der Waals surface area contributed by atoms with E-state index in [1.54, 1.807) is 12.1 Å². The molecule has 0 bridgehead atoms. The van der Waals surface area contributed by atoms with Gasteiger partial charge in [0.05, 0.1) is 11.1 Å². The molecule has 0 atom stereocenters. The number of halogens is 1. The Morgan fingerprint density at radius 3 is 2.47 bits per heavy atom.